The average molecular weight is 449 g/mol. The lowest BCUT2D eigenvalue weighted by Crippen LogP contribution is -2.14. The minimum absolute atomic E-state index is 0.0538. The Labute approximate surface area is 177 Å². The number of sulfone groups is 1. The third-order valence-corrected chi connectivity index (χ3v) is 6.39. The highest BCUT2D eigenvalue weighted by Crippen LogP contribution is 2.27. The van der Waals surface area contributed by atoms with Crippen LogP contribution in [0.4, 0.5) is 11.4 Å². The van der Waals surface area contributed by atoms with Gasteiger partial charge in [-0.05, 0) is 55.5 Å². The van der Waals surface area contributed by atoms with Crippen LogP contribution in [0, 0.1) is 6.92 Å². The van der Waals surface area contributed by atoms with Crippen molar-refractivity contribution in [3.05, 3.63) is 74.9 Å². The predicted octanol–water partition coefficient (Wildman–Crippen LogP) is 4.62. The van der Waals surface area contributed by atoms with E-state index >= 15 is 0 Å². The van der Waals surface area contributed by atoms with Crippen LogP contribution in [-0.2, 0) is 9.84 Å². The first-order chi connectivity index (χ1) is 13.6. The molecule has 150 valence electrons. The molecular formula is C20H17ClN2O4S2. The molecule has 0 aliphatic rings. The number of benzene rings is 2. The number of hydrogen-bond donors (Lipinski definition) is 2. The molecule has 29 heavy (non-hydrogen) atoms. The molecule has 1 heterocycles. The molecule has 0 aliphatic carbocycles. The van der Waals surface area contributed by atoms with E-state index in [-0.39, 0.29) is 21.4 Å². The van der Waals surface area contributed by atoms with Gasteiger partial charge in [-0.2, -0.15) is 0 Å². The second kappa shape index (κ2) is 8.36. The van der Waals surface area contributed by atoms with Crippen molar-refractivity contribution in [1.29, 1.82) is 0 Å². The van der Waals surface area contributed by atoms with E-state index in [9.17, 15) is 18.0 Å². The lowest BCUT2D eigenvalue weighted by Gasteiger charge is -2.10. The van der Waals surface area contributed by atoms with E-state index < -0.39 is 15.7 Å². The van der Waals surface area contributed by atoms with E-state index in [1.165, 1.54) is 41.7 Å². The molecule has 0 unspecified atom stereocenters. The van der Waals surface area contributed by atoms with Gasteiger partial charge in [0, 0.05) is 22.4 Å². The SMILES string of the molecule is Cc1ccc(C(=O)Nc2ccc(NC(=O)c3cccc(S(C)(=O)=O)c3)c(Cl)c2)s1. The summed E-state index contributed by atoms with van der Waals surface area (Å²) in [5.41, 5.74) is 1.02. The first-order valence-corrected chi connectivity index (χ1v) is 11.5. The van der Waals surface area contributed by atoms with Gasteiger partial charge in [-0.3, -0.25) is 9.59 Å². The number of carbonyl (C=O) groups excluding carboxylic acids is 2. The molecule has 0 bridgehead atoms. The van der Waals surface area contributed by atoms with Crippen LogP contribution in [0.5, 0.6) is 0 Å². The van der Waals surface area contributed by atoms with Crippen molar-refractivity contribution in [2.45, 2.75) is 11.8 Å². The van der Waals surface area contributed by atoms with Gasteiger partial charge in [0.15, 0.2) is 9.84 Å². The number of anilines is 2. The zero-order valence-electron chi connectivity index (χ0n) is 15.5. The number of nitrogens with one attached hydrogen (secondary N) is 2. The molecule has 0 atom stereocenters. The van der Waals surface area contributed by atoms with Gasteiger partial charge in [-0.25, -0.2) is 8.42 Å². The summed E-state index contributed by atoms with van der Waals surface area (Å²) >= 11 is 7.63. The number of hydrogen-bond acceptors (Lipinski definition) is 5. The van der Waals surface area contributed by atoms with E-state index in [1.54, 1.807) is 18.2 Å². The molecule has 0 radical (unpaired) electrons. The molecule has 9 heteroatoms. The van der Waals surface area contributed by atoms with Gasteiger partial charge in [-0.1, -0.05) is 17.7 Å². The maximum absolute atomic E-state index is 12.5. The maximum Gasteiger partial charge on any atom is 0.265 e. The minimum Gasteiger partial charge on any atom is -0.321 e. The van der Waals surface area contributed by atoms with Crippen LogP contribution in [0.3, 0.4) is 0 Å². The van der Waals surface area contributed by atoms with Crippen LogP contribution in [0.25, 0.3) is 0 Å². The Hall–Kier alpha value is -2.68. The first kappa shape index (κ1) is 21.0. The topological polar surface area (TPSA) is 92.3 Å². The zero-order valence-corrected chi connectivity index (χ0v) is 17.9. The van der Waals surface area contributed by atoms with E-state index in [1.807, 2.05) is 13.0 Å². The van der Waals surface area contributed by atoms with E-state index in [0.29, 0.717) is 16.3 Å². The van der Waals surface area contributed by atoms with Gasteiger partial charge in [0.25, 0.3) is 11.8 Å². The van der Waals surface area contributed by atoms with Gasteiger partial charge in [0.1, 0.15) is 0 Å². The summed E-state index contributed by atoms with van der Waals surface area (Å²) in [6.45, 7) is 1.92. The van der Waals surface area contributed by atoms with Crippen LogP contribution in [0.1, 0.15) is 24.9 Å². The highest BCUT2D eigenvalue weighted by atomic mass is 35.5. The van der Waals surface area contributed by atoms with E-state index in [2.05, 4.69) is 10.6 Å². The van der Waals surface area contributed by atoms with Crippen molar-refractivity contribution >= 4 is 56.0 Å². The number of rotatable bonds is 5. The highest BCUT2D eigenvalue weighted by molar-refractivity contribution is 7.90. The number of halogens is 1. The molecule has 3 aromatic rings. The molecule has 0 fully saturated rings. The Morgan fingerprint density at radius 2 is 1.72 bits per heavy atom. The summed E-state index contributed by atoms with van der Waals surface area (Å²) in [5.74, 6) is -0.739. The molecule has 1 aromatic heterocycles. The summed E-state index contributed by atoms with van der Waals surface area (Å²) < 4.78 is 23.3. The molecule has 0 spiro atoms. The van der Waals surface area contributed by atoms with Gasteiger partial charge >= 0.3 is 0 Å². The molecule has 2 aromatic carbocycles. The Morgan fingerprint density at radius 3 is 2.34 bits per heavy atom. The minimum atomic E-state index is -3.42. The maximum atomic E-state index is 12.5. The van der Waals surface area contributed by atoms with Gasteiger partial charge in [0.2, 0.25) is 0 Å². The molecule has 6 nitrogen and oxygen atoms in total. The Bertz CT molecular complexity index is 1200. The molecule has 3 rings (SSSR count). The molecule has 2 N–H and O–H groups in total. The summed E-state index contributed by atoms with van der Waals surface area (Å²) in [7, 11) is -3.42. The summed E-state index contributed by atoms with van der Waals surface area (Å²) in [6.07, 6.45) is 1.07. The molecule has 0 aliphatic heterocycles. The summed E-state index contributed by atoms with van der Waals surface area (Å²) in [5, 5.41) is 5.63. The second-order valence-corrected chi connectivity index (χ2v) is 10.0. The monoisotopic (exact) mass is 448 g/mol. The molecule has 0 saturated carbocycles. The summed E-state index contributed by atoms with van der Waals surface area (Å²) in [6, 6.07) is 14.1. The lowest BCUT2D eigenvalue weighted by molar-refractivity contribution is 0.102. The average Bonchev–Trinajstić information content (AvgIpc) is 3.10. The fraction of sp³-hybridized carbons (Fsp3) is 0.100. The first-order valence-electron chi connectivity index (χ1n) is 8.42. The Balaban J connectivity index is 1.74. The van der Waals surface area contributed by atoms with E-state index in [0.717, 1.165) is 11.1 Å². The standard InChI is InChI=1S/C20H17ClN2O4S2/c1-12-6-9-18(28-12)20(25)22-14-7-8-17(16(21)11-14)23-19(24)13-4-3-5-15(10-13)29(2,26)27/h3-11H,1-2H3,(H,22,25)(H,23,24). The second-order valence-electron chi connectivity index (χ2n) is 6.31. The van der Waals surface area contributed by atoms with E-state index in [4.69, 9.17) is 11.6 Å². The van der Waals surface area contributed by atoms with Crippen molar-refractivity contribution in [2.24, 2.45) is 0 Å². The number of carbonyl (C=O) groups is 2. The third kappa shape index (κ3) is 5.23. The van der Waals surface area contributed by atoms with Gasteiger partial charge in [-0.15, -0.1) is 11.3 Å². The van der Waals surface area contributed by atoms with Crippen LogP contribution in [0.15, 0.2) is 59.5 Å². The Morgan fingerprint density at radius 1 is 0.966 bits per heavy atom. The summed E-state index contributed by atoms with van der Waals surface area (Å²) in [4.78, 5) is 26.4. The third-order valence-electron chi connectivity index (χ3n) is 3.96. The van der Waals surface area contributed by atoms with Crippen molar-refractivity contribution in [2.75, 3.05) is 16.9 Å². The zero-order chi connectivity index (χ0) is 21.2. The number of aryl methyl sites for hydroxylation is 1. The Kier molecular flexibility index (Phi) is 6.07. The van der Waals surface area contributed by atoms with Crippen LogP contribution >= 0.6 is 22.9 Å². The fourth-order valence-corrected chi connectivity index (χ4v) is 4.16. The molecular weight excluding hydrogens is 432 g/mol. The highest BCUT2D eigenvalue weighted by Gasteiger charge is 2.14. The lowest BCUT2D eigenvalue weighted by atomic mass is 10.2. The fourth-order valence-electron chi connectivity index (χ4n) is 2.51. The van der Waals surface area contributed by atoms with Crippen LogP contribution in [0.2, 0.25) is 5.02 Å². The number of thiophene rings is 1. The quantitative estimate of drug-likeness (QED) is 0.595. The largest absolute Gasteiger partial charge is 0.321 e. The van der Waals surface area contributed by atoms with Crippen molar-refractivity contribution < 1.29 is 18.0 Å². The van der Waals surface area contributed by atoms with Crippen molar-refractivity contribution in [3.63, 3.8) is 0 Å². The van der Waals surface area contributed by atoms with Gasteiger partial charge < -0.3 is 10.6 Å². The normalized spacial score (nSPS) is 11.1. The molecule has 0 saturated heterocycles. The smallest absolute Gasteiger partial charge is 0.265 e. The van der Waals surface area contributed by atoms with Gasteiger partial charge in [0.05, 0.1) is 20.5 Å². The molecule has 2 amide bonds. The van der Waals surface area contributed by atoms with Crippen LogP contribution < -0.4 is 10.6 Å². The predicted molar refractivity (Wildman–Crippen MR) is 116 cm³/mol. The van der Waals surface area contributed by atoms with Crippen molar-refractivity contribution in [1.82, 2.24) is 0 Å². The number of amides is 2. The van der Waals surface area contributed by atoms with Crippen molar-refractivity contribution in [3.8, 4) is 0 Å². The van der Waals surface area contributed by atoms with Crippen LogP contribution in [-0.4, -0.2) is 26.5 Å².